The summed E-state index contributed by atoms with van der Waals surface area (Å²) >= 11 is 6.08. The van der Waals surface area contributed by atoms with Gasteiger partial charge in [-0.1, -0.05) is 11.6 Å². The van der Waals surface area contributed by atoms with Gasteiger partial charge in [0, 0.05) is 17.6 Å². The van der Waals surface area contributed by atoms with Gasteiger partial charge >= 0.3 is 11.9 Å². The molecular formula is C12H7ClN2O4. The van der Waals surface area contributed by atoms with Crippen LogP contribution in [0.3, 0.4) is 0 Å². The maximum atomic E-state index is 12.0. The standard InChI is InChI=1S/C12H7ClN2O4/c1-18-12(16)11-15(17)8-5-7(13)6-3-2-4-14-9(6)10(8)19-11/h2-5H,1H3. The topological polar surface area (TPSA) is 79.3 Å². The first kappa shape index (κ1) is 11.7. The minimum absolute atomic E-state index is 0.136. The van der Waals surface area contributed by atoms with Crippen LogP contribution in [-0.4, -0.2) is 18.1 Å². The summed E-state index contributed by atoms with van der Waals surface area (Å²) in [4.78, 5) is 15.6. The van der Waals surface area contributed by atoms with Gasteiger partial charge in [0.25, 0.3) is 5.52 Å². The molecule has 96 valence electrons. The number of ether oxygens (including phenoxy) is 1. The minimum Gasteiger partial charge on any atom is -0.615 e. The second kappa shape index (κ2) is 4.10. The third-order valence-corrected chi connectivity index (χ3v) is 3.05. The Labute approximate surface area is 111 Å². The van der Waals surface area contributed by atoms with E-state index in [0.717, 1.165) is 0 Å². The SMILES string of the molecule is COC(=O)c1oc2c3ncccc3c(Cl)cc2[n+]1[O-]. The number of hydrogen-bond donors (Lipinski definition) is 0. The summed E-state index contributed by atoms with van der Waals surface area (Å²) in [6, 6.07) is 4.90. The predicted octanol–water partition coefficient (Wildman–Crippen LogP) is 2.05. The quantitative estimate of drug-likeness (QED) is 0.387. The van der Waals surface area contributed by atoms with Gasteiger partial charge in [0.15, 0.2) is 0 Å². The molecule has 0 fully saturated rings. The van der Waals surface area contributed by atoms with Gasteiger partial charge in [-0.25, -0.2) is 4.79 Å². The molecule has 3 rings (SSSR count). The Hall–Kier alpha value is -2.34. The number of nitrogens with zero attached hydrogens (tertiary/aromatic N) is 2. The zero-order valence-corrected chi connectivity index (χ0v) is 10.5. The molecule has 0 amide bonds. The molecule has 0 radical (unpaired) electrons. The zero-order valence-electron chi connectivity index (χ0n) is 9.71. The van der Waals surface area contributed by atoms with Crippen molar-refractivity contribution in [2.45, 2.75) is 0 Å². The predicted molar refractivity (Wildman–Crippen MR) is 66.8 cm³/mol. The number of fused-ring (bicyclic) bond motifs is 3. The van der Waals surface area contributed by atoms with Crippen LogP contribution < -0.4 is 4.73 Å². The van der Waals surface area contributed by atoms with Gasteiger partial charge in [0.05, 0.1) is 12.1 Å². The van der Waals surface area contributed by atoms with Crippen molar-refractivity contribution in [1.29, 1.82) is 0 Å². The molecule has 3 aromatic rings. The highest BCUT2D eigenvalue weighted by Crippen LogP contribution is 2.29. The summed E-state index contributed by atoms with van der Waals surface area (Å²) in [7, 11) is 1.17. The van der Waals surface area contributed by atoms with Gasteiger partial charge in [-0.05, 0) is 12.1 Å². The molecule has 2 aromatic heterocycles. The molecule has 0 unspecified atom stereocenters. The van der Waals surface area contributed by atoms with Crippen LogP contribution in [0.2, 0.25) is 5.02 Å². The van der Waals surface area contributed by atoms with Crippen molar-refractivity contribution in [1.82, 2.24) is 4.98 Å². The molecule has 6 nitrogen and oxygen atoms in total. The van der Waals surface area contributed by atoms with Crippen molar-refractivity contribution in [3.05, 3.63) is 40.5 Å². The normalized spacial score (nSPS) is 11.1. The fourth-order valence-corrected chi connectivity index (χ4v) is 2.13. The Bertz CT molecular complexity index is 812. The summed E-state index contributed by atoms with van der Waals surface area (Å²) in [6.07, 6.45) is 1.55. The van der Waals surface area contributed by atoms with Gasteiger partial charge in [0.2, 0.25) is 5.58 Å². The van der Waals surface area contributed by atoms with Gasteiger partial charge in [-0.2, -0.15) is 0 Å². The molecule has 19 heavy (non-hydrogen) atoms. The van der Waals surface area contributed by atoms with E-state index in [4.69, 9.17) is 16.0 Å². The number of aromatic nitrogens is 2. The number of carbonyl (C=O) groups excluding carboxylic acids is 1. The van der Waals surface area contributed by atoms with Crippen LogP contribution in [0.4, 0.5) is 0 Å². The third kappa shape index (κ3) is 1.61. The molecule has 0 spiro atoms. The first-order valence-electron chi connectivity index (χ1n) is 5.31. The minimum atomic E-state index is -0.855. The van der Waals surface area contributed by atoms with E-state index in [1.54, 1.807) is 18.3 Å². The zero-order chi connectivity index (χ0) is 13.6. The number of hydrogen-bond acceptors (Lipinski definition) is 5. The lowest BCUT2D eigenvalue weighted by Crippen LogP contribution is -2.32. The number of methoxy groups -OCH3 is 1. The lowest BCUT2D eigenvalue weighted by molar-refractivity contribution is -0.586. The molecule has 0 bridgehead atoms. The largest absolute Gasteiger partial charge is 0.615 e. The summed E-state index contributed by atoms with van der Waals surface area (Å²) in [5, 5.41) is 13.0. The fraction of sp³-hybridized carbons (Fsp3) is 0.0833. The average molecular weight is 279 g/mol. The number of rotatable bonds is 1. The molecule has 0 aliphatic heterocycles. The fourth-order valence-electron chi connectivity index (χ4n) is 1.87. The summed E-state index contributed by atoms with van der Waals surface area (Å²) in [5.41, 5.74) is 0.761. The van der Waals surface area contributed by atoms with E-state index < -0.39 is 11.9 Å². The summed E-state index contributed by atoms with van der Waals surface area (Å²) < 4.78 is 10.1. The second-order valence-electron chi connectivity index (χ2n) is 3.80. The van der Waals surface area contributed by atoms with Crippen molar-refractivity contribution in [3.8, 4) is 0 Å². The summed E-state index contributed by atoms with van der Waals surface area (Å²) in [6.45, 7) is 0. The maximum Gasteiger partial charge on any atom is 0.474 e. The molecule has 0 N–H and O–H groups in total. The summed E-state index contributed by atoms with van der Waals surface area (Å²) in [5.74, 6) is -1.31. The van der Waals surface area contributed by atoms with E-state index in [-0.39, 0.29) is 11.1 Å². The molecular weight excluding hydrogens is 272 g/mol. The van der Waals surface area contributed by atoms with Crippen LogP contribution in [0.1, 0.15) is 10.7 Å². The monoisotopic (exact) mass is 278 g/mol. The highest BCUT2D eigenvalue weighted by Gasteiger charge is 2.28. The number of carbonyl (C=O) groups is 1. The molecule has 0 atom stereocenters. The second-order valence-corrected chi connectivity index (χ2v) is 4.21. The first-order valence-corrected chi connectivity index (χ1v) is 5.69. The molecule has 7 heteroatoms. The van der Waals surface area contributed by atoms with E-state index >= 15 is 0 Å². The number of esters is 1. The Morgan fingerprint density at radius 3 is 3.11 bits per heavy atom. The molecule has 0 aliphatic rings. The van der Waals surface area contributed by atoms with Crippen LogP contribution in [0.15, 0.2) is 28.8 Å². The molecule has 0 saturated heterocycles. The van der Waals surface area contributed by atoms with Crippen LogP contribution in [0.5, 0.6) is 0 Å². The Morgan fingerprint density at radius 2 is 2.37 bits per heavy atom. The third-order valence-electron chi connectivity index (χ3n) is 2.74. The molecule has 0 saturated carbocycles. The number of oxazole rings is 1. The first-order chi connectivity index (χ1) is 9.13. The van der Waals surface area contributed by atoms with Gasteiger partial charge in [0.1, 0.15) is 5.52 Å². The van der Waals surface area contributed by atoms with Gasteiger partial charge < -0.3 is 14.4 Å². The maximum absolute atomic E-state index is 12.0. The molecule has 0 aliphatic carbocycles. The van der Waals surface area contributed by atoms with Crippen molar-refractivity contribution in [2.24, 2.45) is 0 Å². The van der Waals surface area contributed by atoms with E-state index in [9.17, 15) is 10.0 Å². The molecule has 2 heterocycles. The van der Waals surface area contributed by atoms with Crippen molar-refractivity contribution >= 4 is 39.6 Å². The number of halogens is 1. The van der Waals surface area contributed by atoms with Crippen LogP contribution in [0.25, 0.3) is 22.0 Å². The van der Waals surface area contributed by atoms with E-state index in [2.05, 4.69) is 9.72 Å². The van der Waals surface area contributed by atoms with Crippen molar-refractivity contribution < 1.29 is 18.7 Å². The smallest absolute Gasteiger partial charge is 0.474 e. The Morgan fingerprint density at radius 1 is 1.58 bits per heavy atom. The van der Waals surface area contributed by atoms with Crippen molar-refractivity contribution in [2.75, 3.05) is 7.11 Å². The van der Waals surface area contributed by atoms with E-state index in [1.807, 2.05) is 0 Å². The highest BCUT2D eigenvalue weighted by atomic mass is 35.5. The Kier molecular flexibility index (Phi) is 2.53. The number of benzene rings is 1. The van der Waals surface area contributed by atoms with Gasteiger partial charge in [-0.3, -0.25) is 4.98 Å². The van der Waals surface area contributed by atoms with E-state index in [0.29, 0.717) is 20.7 Å². The van der Waals surface area contributed by atoms with Gasteiger partial charge in [-0.15, -0.1) is 4.73 Å². The lowest BCUT2D eigenvalue weighted by Gasteiger charge is -1.98. The number of pyridine rings is 1. The average Bonchev–Trinajstić information content (AvgIpc) is 2.76. The van der Waals surface area contributed by atoms with Crippen LogP contribution >= 0.6 is 11.6 Å². The lowest BCUT2D eigenvalue weighted by atomic mass is 10.2. The Balaban J connectivity index is 2.47. The van der Waals surface area contributed by atoms with E-state index in [1.165, 1.54) is 13.2 Å². The van der Waals surface area contributed by atoms with Crippen LogP contribution in [-0.2, 0) is 4.74 Å². The highest BCUT2D eigenvalue weighted by molar-refractivity contribution is 6.36. The van der Waals surface area contributed by atoms with Crippen LogP contribution in [0, 0.1) is 5.21 Å². The van der Waals surface area contributed by atoms with Crippen molar-refractivity contribution in [3.63, 3.8) is 0 Å². The molecule has 1 aromatic carbocycles.